The van der Waals surface area contributed by atoms with E-state index in [1.54, 1.807) is 12.1 Å². The number of carbonyl (C=O) groups excluding carboxylic acids is 2. The third-order valence-electron chi connectivity index (χ3n) is 6.87. The summed E-state index contributed by atoms with van der Waals surface area (Å²) in [4.78, 5) is 25.5. The average molecular weight is 549 g/mol. The van der Waals surface area contributed by atoms with Gasteiger partial charge in [-0.25, -0.2) is 9.59 Å². The number of thioether (sulfide) groups is 1. The van der Waals surface area contributed by atoms with Crippen LogP contribution in [0.5, 0.6) is 0 Å². The third kappa shape index (κ3) is 9.55. The number of aryl methyl sites for hydroxylation is 2. The Labute approximate surface area is 237 Å². The molecule has 0 N–H and O–H groups in total. The second-order valence-corrected chi connectivity index (χ2v) is 10.8. The smallest absolute Gasteiger partial charge is 0.337 e. The Kier molecular flexibility index (Phi) is 13.1. The Morgan fingerprint density at radius 3 is 1.95 bits per heavy atom. The SMILES string of the molecule is COC(=O)c1ccc(SC(c2ccccc2CCCCCCCCc2ccccc2)C(OC)C(=O)OC)cc1. The maximum absolute atomic E-state index is 12.7. The number of methoxy groups -OCH3 is 3. The van der Waals surface area contributed by atoms with Gasteiger partial charge in [-0.1, -0.05) is 80.3 Å². The number of unbranched alkanes of at least 4 members (excludes halogenated alkanes) is 5. The van der Waals surface area contributed by atoms with Crippen LogP contribution >= 0.6 is 11.8 Å². The molecule has 0 saturated carbocycles. The second kappa shape index (κ2) is 16.8. The Hall–Kier alpha value is -3.09. The number of hydrogen-bond donors (Lipinski definition) is 0. The molecule has 6 heteroatoms. The largest absolute Gasteiger partial charge is 0.467 e. The molecular weight excluding hydrogens is 508 g/mol. The minimum absolute atomic E-state index is 0.305. The molecule has 0 aromatic heterocycles. The highest BCUT2D eigenvalue weighted by Gasteiger charge is 2.33. The molecule has 3 rings (SSSR count). The minimum atomic E-state index is -0.772. The molecular formula is C33H40O5S. The van der Waals surface area contributed by atoms with Crippen LogP contribution in [0.4, 0.5) is 0 Å². The first kappa shape index (κ1) is 30.5. The van der Waals surface area contributed by atoms with Crippen LogP contribution in [0.3, 0.4) is 0 Å². The Morgan fingerprint density at radius 2 is 1.31 bits per heavy atom. The first-order valence-electron chi connectivity index (χ1n) is 13.6. The van der Waals surface area contributed by atoms with Crippen molar-refractivity contribution < 1.29 is 23.8 Å². The molecule has 0 radical (unpaired) electrons. The highest BCUT2D eigenvalue weighted by atomic mass is 32.2. The summed E-state index contributed by atoms with van der Waals surface area (Å²) in [5.41, 5.74) is 4.19. The van der Waals surface area contributed by atoms with Crippen molar-refractivity contribution in [2.75, 3.05) is 21.3 Å². The quantitative estimate of drug-likeness (QED) is 0.104. The second-order valence-electron chi connectivity index (χ2n) is 9.54. The van der Waals surface area contributed by atoms with Crippen LogP contribution in [0, 0.1) is 0 Å². The van der Waals surface area contributed by atoms with Crippen molar-refractivity contribution in [3.8, 4) is 0 Å². The van der Waals surface area contributed by atoms with Gasteiger partial charge in [0.1, 0.15) is 0 Å². The van der Waals surface area contributed by atoms with Crippen LogP contribution in [0.15, 0.2) is 83.8 Å². The van der Waals surface area contributed by atoms with Crippen molar-refractivity contribution in [1.29, 1.82) is 0 Å². The number of rotatable bonds is 16. The Bertz CT molecular complexity index is 1150. The van der Waals surface area contributed by atoms with Gasteiger partial charge in [0, 0.05) is 12.0 Å². The number of hydrogen-bond acceptors (Lipinski definition) is 6. The molecule has 5 nitrogen and oxygen atoms in total. The fourth-order valence-electron chi connectivity index (χ4n) is 4.72. The Balaban J connectivity index is 1.62. The summed E-state index contributed by atoms with van der Waals surface area (Å²) >= 11 is 1.53. The first-order chi connectivity index (χ1) is 19.1. The van der Waals surface area contributed by atoms with Crippen molar-refractivity contribution in [2.45, 2.75) is 67.6 Å². The summed E-state index contributed by atoms with van der Waals surface area (Å²) in [6.45, 7) is 0. The van der Waals surface area contributed by atoms with Crippen molar-refractivity contribution in [3.63, 3.8) is 0 Å². The predicted molar refractivity (Wildman–Crippen MR) is 157 cm³/mol. The van der Waals surface area contributed by atoms with Gasteiger partial charge in [0.05, 0.1) is 25.0 Å². The molecule has 0 heterocycles. The van der Waals surface area contributed by atoms with Crippen molar-refractivity contribution in [2.24, 2.45) is 0 Å². The summed E-state index contributed by atoms with van der Waals surface area (Å²) in [5.74, 6) is -0.791. The maximum atomic E-state index is 12.7. The average Bonchev–Trinajstić information content (AvgIpc) is 2.99. The molecule has 2 unspecified atom stereocenters. The molecule has 0 fully saturated rings. The molecule has 0 spiro atoms. The topological polar surface area (TPSA) is 61.8 Å². The van der Waals surface area contributed by atoms with Crippen LogP contribution in [0.2, 0.25) is 0 Å². The van der Waals surface area contributed by atoms with E-state index in [2.05, 4.69) is 48.5 Å². The lowest BCUT2D eigenvalue weighted by Crippen LogP contribution is -2.30. The zero-order valence-corrected chi connectivity index (χ0v) is 24.1. The van der Waals surface area contributed by atoms with Crippen LogP contribution in [0.1, 0.15) is 70.8 Å². The van der Waals surface area contributed by atoms with E-state index < -0.39 is 12.1 Å². The van der Waals surface area contributed by atoms with E-state index in [-0.39, 0.29) is 11.2 Å². The monoisotopic (exact) mass is 548 g/mol. The van der Waals surface area contributed by atoms with E-state index in [0.29, 0.717) is 5.56 Å². The molecule has 3 aromatic carbocycles. The van der Waals surface area contributed by atoms with E-state index >= 15 is 0 Å². The maximum Gasteiger partial charge on any atom is 0.337 e. The summed E-state index contributed by atoms with van der Waals surface area (Å²) < 4.78 is 15.6. The van der Waals surface area contributed by atoms with E-state index in [4.69, 9.17) is 14.2 Å². The molecule has 0 bridgehead atoms. The van der Waals surface area contributed by atoms with E-state index in [0.717, 1.165) is 29.7 Å². The fraction of sp³-hybridized carbons (Fsp3) is 0.394. The van der Waals surface area contributed by atoms with Crippen LogP contribution < -0.4 is 0 Å². The summed E-state index contributed by atoms with van der Waals surface area (Å²) in [5, 5.41) is -0.305. The van der Waals surface area contributed by atoms with Crippen molar-refractivity contribution >= 4 is 23.7 Å². The van der Waals surface area contributed by atoms with Gasteiger partial charge in [-0.3, -0.25) is 0 Å². The standard InChI is InChI=1S/C33H40O5S/c1-36-30(33(35)38-3)31(39-28-23-21-27(22-24-28)32(34)37-2)29-20-14-13-19-26(29)18-12-7-5-4-6-9-15-25-16-10-8-11-17-25/h8,10-11,13-14,16-17,19-24,30-31H,4-7,9,12,15,18H2,1-3H3. The lowest BCUT2D eigenvalue weighted by atomic mass is 9.96. The normalized spacial score (nSPS) is 12.5. The third-order valence-corrected chi connectivity index (χ3v) is 8.17. The number of carbonyl (C=O) groups is 2. The van der Waals surface area contributed by atoms with Gasteiger partial charge in [0.25, 0.3) is 0 Å². The summed E-state index contributed by atoms with van der Waals surface area (Å²) in [7, 11) is 4.28. The number of ether oxygens (including phenoxy) is 3. The molecule has 2 atom stereocenters. The van der Waals surface area contributed by atoms with Crippen molar-refractivity contribution in [1.82, 2.24) is 0 Å². The minimum Gasteiger partial charge on any atom is -0.467 e. The zero-order valence-electron chi connectivity index (χ0n) is 23.3. The lowest BCUT2D eigenvalue weighted by molar-refractivity contribution is -0.152. The molecule has 3 aromatic rings. The van der Waals surface area contributed by atoms with Gasteiger partial charge in [0.2, 0.25) is 0 Å². The molecule has 0 aliphatic heterocycles. The molecule has 0 saturated heterocycles. The highest BCUT2D eigenvalue weighted by Crippen LogP contribution is 2.41. The molecule has 0 amide bonds. The van der Waals surface area contributed by atoms with E-state index in [1.165, 1.54) is 76.3 Å². The van der Waals surface area contributed by atoms with Gasteiger partial charge in [-0.05, 0) is 66.6 Å². The lowest BCUT2D eigenvalue weighted by Gasteiger charge is -2.26. The van der Waals surface area contributed by atoms with Gasteiger partial charge in [0.15, 0.2) is 6.10 Å². The molecule has 39 heavy (non-hydrogen) atoms. The number of benzene rings is 3. The Morgan fingerprint density at radius 1 is 0.692 bits per heavy atom. The summed E-state index contributed by atoms with van der Waals surface area (Å²) in [6.07, 6.45) is 8.56. The molecule has 0 aliphatic rings. The molecule has 208 valence electrons. The number of esters is 2. The van der Waals surface area contributed by atoms with E-state index in [9.17, 15) is 9.59 Å². The van der Waals surface area contributed by atoms with Gasteiger partial charge in [-0.2, -0.15) is 0 Å². The fourth-order valence-corrected chi connectivity index (χ4v) is 6.01. The van der Waals surface area contributed by atoms with Gasteiger partial charge in [-0.15, -0.1) is 11.8 Å². The zero-order chi connectivity index (χ0) is 27.9. The van der Waals surface area contributed by atoms with Crippen molar-refractivity contribution in [3.05, 3.63) is 101 Å². The van der Waals surface area contributed by atoms with Crippen LogP contribution in [-0.4, -0.2) is 39.4 Å². The highest BCUT2D eigenvalue weighted by molar-refractivity contribution is 7.99. The summed E-state index contributed by atoms with van der Waals surface area (Å²) in [6, 6.07) is 26.2. The van der Waals surface area contributed by atoms with Crippen LogP contribution in [-0.2, 0) is 31.8 Å². The predicted octanol–water partition coefficient (Wildman–Crippen LogP) is 7.62. The van der Waals surface area contributed by atoms with Crippen LogP contribution in [0.25, 0.3) is 0 Å². The van der Waals surface area contributed by atoms with Gasteiger partial charge < -0.3 is 14.2 Å². The van der Waals surface area contributed by atoms with E-state index in [1.807, 2.05) is 18.2 Å². The molecule has 0 aliphatic carbocycles. The first-order valence-corrected chi connectivity index (χ1v) is 14.5. The van der Waals surface area contributed by atoms with Gasteiger partial charge >= 0.3 is 11.9 Å².